The highest BCUT2D eigenvalue weighted by molar-refractivity contribution is 14.1. The van der Waals surface area contributed by atoms with Crippen LogP contribution in [0, 0.1) is 3.57 Å². The third kappa shape index (κ3) is 4.79. The van der Waals surface area contributed by atoms with E-state index in [1.807, 2.05) is 18.2 Å². The molecule has 10 nitrogen and oxygen atoms in total. The van der Waals surface area contributed by atoms with E-state index in [9.17, 15) is 9.59 Å². The minimum atomic E-state index is -0.791. The van der Waals surface area contributed by atoms with Crippen LogP contribution in [0.2, 0.25) is 5.28 Å². The Morgan fingerprint density at radius 2 is 2.19 bits per heavy atom. The first-order valence-corrected chi connectivity index (χ1v) is 11.2. The predicted molar refractivity (Wildman–Crippen MR) is 125 cm³/mol. The van der Waals surface area contributed by atoms with Gasteiger partial charge in [-0.15, -0.1) is 0 Å². The number of aromatic nitrogens is 4. The van der Waals surface area contributed by atoms with Crippen LogP contribution in [0.1, 0.15) is 25.1 Å². The second-order valence-electron chi connectivity index (χ2n) is 7.16. The number of benzene rings is 1. The van der Waals surface area contributed by atoms with Gasteiger partial charge in [-0.05, 0) is 51.9 Å². The summed E-state index contributed by atoms with van der Waals surface area (Å²) in [5.41, 5.74) is 1.95. The topological polar surface area (TPSA) is 120 Å². The van der Waals surface area contributed by atoms with E-state index in [0.717, 1.165) is 9.13 Å². The van der Waals surface area contributed by atoms with Crippen molar-refractivity contribution in [2.75, 3.05) is 12.4 Å². The van der Waals surface area contributed by atoms with Crippen LogP contribution in [-0.4, -0.2) is 50.7 Å². The Labute approximate surface area is 202 Å². The maximum atomic E-state index is 12.1. The molecule has 4 rings (SSSR count). The zero-order valence-corrected chi connectivity index (χ0v) is 20.1. The SMILES string of the molecule is CNC(=O)[C@@H]1C[C@@H](OC(C)=O)[C@H](n2cnc3c(NCc4cccc(I)c4)nc(Cl)nc32)O1. The van der Waals surface area contributed by atoms with Gasteiger partial charge in [0.2, 0.25) is 11.2 Å². The summed E-state index contributed by atoms with van der Waals surface area (Å²) in [7, 11) is 1.52. The van der Waals surface area contributed by atoms with Crippen molar-refractivity contribution in [1.29, 1.82) is 0 Å². The fourth-order valence-corrected chi connectivity index (χ4v) is 4.34. The van der Waals surface area contributed by atoms with Crippen LogP contribution in [0.25, 0.3) is 11.2 Å². The smallest absolute Gasteiger partial charge is 0.303 e. The van der Waals surface area contributed by atoms with Gasteiger partial charge >= 0.3 is 5.97 Å². The van der Waals surface area contributed by atoms with E-state index < -0.39 is 24.4 Å². The first-order chi connectivity index (χ1) is 15.4. The molecule has 0 spiro atoms. The van der Waals surface area contributed by atoms with Gasteiger partial charge in [0.25, 0.3) is 0 Å². The minimum absolute atomic E-state index is 0.0225. The largest absolute Gasteiger partial charge is 0.458 e. The highest BCUT2D eigenvalue weighted by Crippen LogP contribution is 2.34. The molecule has 32 heavy (non-hydrogen) atoms. The average molecular weight is 571 g/mol. The molecular weight excluding hydrogens is 551 g/mol. The number of likely N-dealkylation sites (N-methyl/N-ethyl adjacent to an activating group) is 1. The second kappa shape index (κ2) is 9.55. The van der Waals surface area contributed by atoms with Gasteiger partial charge in [0, 0.05) is 30.5 Å². The zero-order chi connectivity index (χ0) is 22.8. The van der Waals surface area contributed by atoms with Gasteiger partial charge in [0.1, 0.15) is 12.2 Å². The summed E-state index contributed by atoms with van der Waals surface area (Å²) in [5.74, 6) is -0.317. The van der Waals surface area contributed by atoms with Crippen molar-refractivity contribution in [3.8, 4) is 0 Å². The monoisotopic (exact) mass is 570 g/mol. The molecule has 2 aromatic heterocycles. The van der Waals surface area contributed by atoms with Crippen molar-refractivity contribution in [2.24, 2.45) is 0 Å². The van der Waals surface area contributed by atoms with Crippen molar-refractivity contribution >= 4 is 63.1 Å². The Morgan fingerprint density at radius 1 is 1.38 bits per heavy atom. The van der Waals surface area contributed by atoms with Crippen molar-refractivity contribution < 1.29 is 19.1 Å². The number of rotatable bonds is 6. The molecule has 3 atom stereocenters. The molecule has 168 valence electrons. The number of hydrogen-bond acceptors (Lipinski definition) is 8. The Morgan fingerprint density at radius 3 is 2.91 bits per heavy atom. The van der Waals surface area contributed by atoms with E-state index >= 15 is 0 Å². The lowest BCUT2D eigenvalue weighted by molar-refractivity contribution is -0.152. The van der Waals surface area contributed by atoms with E-state index in [1.165, 1.54) is 20.3 Å². The summed E-state index contributed by atoms with van der Waals surface area (Å²) in [6.07, 6.45) is -0.536. The molecule has 3 heterocycles. The van der Waals surface area contributed by atoms with Crippen LogP contribution in [0.5, 0.6) is 0 Å². The normalized spacial score (nSPS) is 20.3. The third-order valence-corrected chi connectivity index (χ3v) is 5.78. The summed E-state index contributed by atoms with van der Waals surface area (Å²) in [6, 6.07) is 8.05. The fraction of sp³-hybridized carbons (Fsp3) is 0.350. The van der Waals surface area contributed by atoms with Crippen LogP contribution < -0.4 is 10.6 Å². The molecule has 0 bridgehead atoms. The van der Waals surface area contributed by atoms with Crippen molar-refractivity contribution in [3.05, 3.63) is 45.0 Å². The lowest BCUT2D eigenvalue weighted by Gasteiger charge is -2.20. The number of carbonyl (C=O) groups excluding carboxylic acids is 2. The van der Waals surface area contributed by atoms with E-state index in [0.29, 0.717) is 23.5 Å². The molecule has 2 N–H and O–H groups in total. The lowest BCUT2D eigenvalue weighted by atomic mass is 10.2. The van der Waals surface area contributed by atoms with Gasteiger partial charge in [0.15, 0.2) is 23.2 Å². The molecule has 1 amide bonds. The zero-order valence-electron chi connectivity index (χ0n) is 17.2. The summed E-state index contributed by atoms with van der Waals surface area (Å²) < 4.78 is 14.1. The number of imidazole rings is 1. The van der Waals surface area contributed by atoms with Gasteiger partial charge in [0.05, 0.1) is 6.33 Å². The van der Waals surface area contributed by atoms with Gasteiger partial charge in [-0.25, -0.2) is 4.98 Å². The molecule has 1 aromatic carbocycles. The number of halogens is 2. The summed E-state index contributed by atoms with van der Waals surface area (Å²) >= 11 is 8.45. The molecule has 0 unspecified atom stereocenters. The summed E-state index contributed by atoms with van der Waals surface area (Å²) in [5, 5.41) is 5.82. The third-order valence-electron chi connectivity index (χ3n) is 4.94. The Bertz CT molecular complexity index is 1170. The number of nitrogens with one attached hydrogen (secondary N) is 2. The number of amides is 1. The number of anilines is 1. The molecule has 1 fully saturated rings. The van der Waals surface area contributed by atoms with E-state index in [4.69, 9.17) is 21.1 Å². The second-order valence-corrected chi connectivity index (χ2v) is 8.75. The lowest BCUT2D eigenvalue weighted by Crippen LogP contribution is -2.31. The van der Waals surface area contributed by atoms with Gasteiger partial charge in [-0.2, -0.15) is 9.97 Å². The highest BCUT2D eigenvalue weighted by atomic mass is 127. The van der Waals surface area contributed by atoms with Crippen molar-refractivity contribution in [3.63, 3.8) is 0 Å². The van der Waals surface area contributed by atoms with Crippen LogP contribution >= 0.6 is 34.2 Å². The van der Waals surface area contributed by atoms with Gasteiger partial charge < -0.3 is 20.1 Å². The number of fused-ring (bicyclic) bond motifs is 1. The Kier molecular flexibility index (Phi) is 6.76. The minimum Gasteiger partial charge on any atom is -0.458 e. The molecule has 0 aliphatic carbocycles. The molecule has 3 aromatic rings. The van der Waals surface area contributed by atoms with Crippen molar-refractivity contribution in [1.82, 2.24) is 24.8 Å². The number of ether oxygens (including phenoxy) is 2. The molecule has 0 radical (unpaired) electrons. The summed E-state index contributed by atoms with van der Waals surface area (Å²) in [6.45, 7) is 1.82. The molecule has 1 aliphatic heterocycles. The van der Waals surface area contributed by atoms with Gasteiger partial charge in [-0.1, -0.05) is 12.1 Å². The van der Waals surface area contributed by atoms with Crippen LogP contribution in [0.15, 0.2) is 30.6 Å². The average Bonchev–Trinajstić information content (AvgIpc) is 3.35. The first-order valence-electron chi connectivity index (χ1n) is 9.78. The molecule has 12 heteroatoms. The standard InChI is InChI=1S/C20H20ClIN6O4/c1-10(29)31-14-7-13(18(30)23-2)32-19(14)28-9-25-15-16(26-20(21)27-17(15)28)24-8-11-4-3-5-12(22)6-11/h3-6,9,13-14,19H,7-8H2,1-2H3,(H,23,30)(H,24,26,27)/t13-,14+,19+/m0/s1. The Hall–Kier alpha value is -2.51. The molecule has 1 aliphatic rings. The molecule has 0 saturated carbocycles. The number of esters is 1. The number of hydrogen-bond donors (Lipinski definition) is 2. The van der Waals surface area contributed by atoms with Crippen molar-refractivity contribution in [2.45, 2.75) is 38.3 Å². The summed E-state index contributed by atoms with van der Waals surface area (Å²) in [4.78, 5) is 36.7. The maximum absolute atomic E-state index is 12.1. The number of nitrogens with zero attached hydrogens (tertiary/aromatic N) is 4. The maximum Gasteiger partial charge on any atom is 0.303 e. The first kappa shape index (κ1) is 22.7. The van der Waals surface area contributed by atoms with E-state index in [2.05, 4.69) is 54.2 Å². The number of carbonyl (C=O) groups is 2. The van der Waals surface area contributed by atoms with Crippen LogP contribution in [0.4, 0.5) is 5.82 Å². The molecular formula is C20H20ClIN6O4. The highest BCUT2D eigenvalue weighted by Gasteiger charge is 2.42. The Balaban J connectivity index is 1.66. The predicted octanol–water partition coefficient (Wildman–Crippen LogP) is 2.66. The van der Waals surface area contributed by atoms with E-state index in [-0.39, 0.29) is 17.6 Å². The van der Waals surface area contributed by atoms with Crippen LogP contribution in [-0.2, 0) is 25.6 Å². The quantitative estimate of drug-likeness (QED) is 0.264. The van der Waals surface area contributed by atoms with Crippen LogP contribution in [0.3, 0.4) is 0 Å². The molecule has 1 saturated heterocycles. The van der Waals surface area contributed by atoms with E-state index in [1.54, 1.807) is 4.57 Å². The van der Waals surface area contributed by atoms with Gasteiger partial charge in [-0.3, -0.25) is 14.2 Å². The fourth-order valence-electron chi connectivity index (χ4n) is 3.57.